The molecule has 3 nitrogen and oxygen atoms in total. The Balaban J connectivity index is 2.34. The largest absolute Gasteiger partial charge is 0.296 e. The second-order valence-electron chi connectivity index (χ2n) is 5.94. The van der Waals surface area contributed by atoms with Gasteiger partial charge in [-0.3, -0.25) is 14.9 Å². The van der Waals surface area contributed by atoms with Gasteiger partial charge in [-0.2, -0.15) is 0 Å². The fraction of sp³-hybridized carbons (Fsp3) is 0.529. The first-order chi connectivity index (χ1) is 9.52. The zero-order chi connectivity index (χ0) is 14.7. The van der Waals surface area contributed by atoms with E-state index >= 15 is 0 Å². The van der Waals surface area contributed by atoms with E-state index in [0.717, 1.165) is 24.0 Å². The van der Waals surface area contributed by atoms with Gasteiger partial charge in [0.25, 0.3) is 0 Å². The second kappa shape index (κ2) is 6.21. The predicted octanol–water partition coefficient (Wildman–Crippen LogP) is 3.18. The molecule has 1 aliphatic rings. The van der Waals surface area contributed by atoms with Gasteiger partial charge in [0.2, 0.25) is 11.8 Å². The summed E-state index contributed by atoms with van der Waals surface area (Å²) in [6.45, 7) is 6.32. The first kappa shape index (κ1) is 14.8. The topological polar surface area (TPSA) is 46.2 Å². The van der Waals surface area contributed by atoms with Gasteiger partial charge in [0.05, 0.1) is 5.92 Å². The third-order valence-corrected chi connectivity index (χ3v) is 4.27. The van der Waals surface area contributed by atoms with Crippen molar-refractivity contribution in [1.29, 1.82) is 0 Å². The molecule has 0 saturated carbocycles. The molecular formula is C17H23NO2. The van der Waals surface area contributed by atoms with Crippen LogP contribution in [0, 0.1) is 18.8 Å². The van der Waals surface area contributed by atoms with Gasteiger partial charge < -0.3 is 0 Å². The molecular weight excluding hydrogens is 250 g/mol. The molecule has 0 bridgehead atoms. The summed E-state index contributed by atoms with van der Waals surface area (Å²) in [4.78, 5) is 24.0. The number of hydrogen-bond acceptors (Lipinski definition) is 2. The van der Waals surface area contributed by atoms with E-state index < -0.39 is 0 Å². The number of rotatable bonds is 4. The lowest BCUT2D eigenvalue weighted by Crippen LogP contribution is -2.46. The highest BCUT2D eigenvalue weighted by Crippen LogP contribution is 2.37. The van der Waals surface area contributed by atoms with E-state index in [-0.39, 0.29) is 23.7 Å². The highest BCUT2D eigenvalue weighted by atomic mass is 16.2. The van der Waals surface area contributed by atoms with Crippen LogP contribution in [0.25, 0.3) is 0 Å². The summed E-state index contributed by atoms with van der Waals surface area (Å²) >= 11 is 0. The zero-order valence-electron chi connectivity index (χ0n) is 12.5. The number of benzene rings is 1. The van der Waals surface area contributed by atoms with Crippen LogP contribution >= 0.6 is 0 Å². The third kappa shape index (κ3) is 3.09. The molecule has 1 saturated heterocycles. The maximum absolute atomic E-state index is 12.3. The van der Waals surface area contributed by atoms with Crippen LogP contribution in [-0.2, 0) is 9.59 Å². The fourth-order valence-corrected chi connectivity index (χ4v) is 3.25. The summed E-state index contributed by atoms with van der Waals surface area (Å²) in [6, 6.07) is 8.07. The van der Waals surface area contributed by atoms with Gasteiger partial charge in [-0.25, -0.2) is 0 Å². The average molecular weight is 273 g/mol. The Kier molecular flexibility index (Phi) is 4.58. The van der Waals surface area contributed by atoms with Crippen molar-refractivity contribution in [2.24, 2.45) is 11.8 Å². The van der Waals surface area contributed by atoms with E-state index in [1.54, 1.807) is 0 Å². The van der Waals surface area contributed by atoms with Crippen molar-refractivity contribution in [3.63, 3.8) is 0 Å². The van der Waals surface area contributed by atoms with Gasteiger partial charge >= 0.3 is 0 Å². The van der Waals surface area contributed by atoms with Crippen LogP contribution in [0.2, 0.25) is 0 Å². The number of piperidine rings is 1. The maximum atomic E-state index is 12.3. The van der Waals surface area contributed by atoms with Crippen molar-refractivity contribution < 1.29 is 9.59 Å². The highest BCUT2D eigenvalue weighted by Gasteiger charge is 2.39. The van der Waals surface area contributed by atoms with Gasteiger partial charge in [0.15, 0.2) is 0 Å². The molecule has 0 aromatic heterocycles. The van der Waals surface area contributed by atoms with Crippen molar-refractivity contribution in [2.45, 2.75) is 46.0 Å². The maximum Gasteiger partial charge on any atom is 0.234 e. The van der Waals surface area contributed by atoms with Crippen LogP contribution in [0.3, 0.4) is 0 Å². The minimum absolute atomic E-state index is 0.109. The standard InChI is InChI=1S/C17H23NO2/c1-4-6-12(3)14-10-15(19)18-17(20)16(14)13-8-5-7-11(2)9-13/h5,7-9,12,14,16H,4,6,10H2,1-3H3,(H,18,19,20). The zero-order valence-corrected chi connectivity index (χ0v) is 12.5. The lowest BCUT2D eigenvalue weighted by atomic mass is 9.72. The van der Waals surface area contributed by atoms with Gasteiger partial charge in [-0.1, -0.05) is 56.5 Å². The van der Waals surface area contributed by atoms with Gasteiger partial charge in [0.1, 0.15) is 0 Å². The first-order valence-electron chi connectivity index (χ1n) is 7.43. The Bertz CT molecular complexity index is 509. The van der Waals surface area contributed by atoms with Crippen LogP contribution in [0.4, 0.5) is 0 Å². The normalized spacial score (nSPS) is 24.4. The minimum Gasteiger partial charge on any atom is -0.296 e. The molecule has 3 unspecified atom stereocenters. The van der Waals surface area contributed by atoms with E-state index in [0.29, 0.717) is 12.3 Å². The molecule has 1 aliphatic heterocycles. The van der Waals surface area contributed by atoms with Crippen LogP contribution in [0.15, 0.2) is 24.3 Å². The highest BCUT2D eigenvalue weighted by molar-refractivity contribution is 6.01. The van der Waals surface area contributed by atoms with Crippen LogP contribution in [-0.4, -0.2) is 11.8 Å². The molecule has 2 amide bonds. The molecule has 0 radical (unpaired) electrons. The molecule has 1 fully saturated rings. The van der Waals surface area contributed by atoms with Crippen molar-refractivity contribution in [3.05, 3.63) is 35.4 Å². The number of amides is 2. The SMILES string of the molecule is CCCC(C)C1CC(=O)NC(=O)C1c1cccc(C)c1. The molecule has 1 aromatic carbocycles. The lowest BCUT2D eigenvalue weighted by Gasteiger charge is -2.34. The second-order valence-corrected chi connectivity index (χ2v) is 5.94. The third-order valence-electron chi connectivity index (χ3n) is 4.27. The van der Waals surface area contributed by atoms with Crippen molar-refractivity contribution in [3.8, 4) is 0 Å². The van der Waals surface area contributed by atoms with Crippen molar-refractivity contribution in [2.75, 3.05) is 0 Å². The fourth-order valence-electron chi connectivity index (χ4n) is 3.25. The Morgan fingerprint density at radius 1 is 1.35 bits per heavy atom. The van der Waals surface area contributed by atoms with E-state index in [2.05, 4.69) is 25.2 Å². The average Bonchev–Trinajstić information content (AvgIpc) is 2.38. The van der Waals surface area contributed by atoms with E-state index in [1.165, 1.54) is 0 Å². The Labute approximate surface area is 120 Å². The summed E-state index contributed by atoms with van der Waals surface area (Å²) in [5.74, 6) is 0.0133. The van der Waals surface area contributed by atoms with Gasteiger partial charge in [-0.15, -0.1) is 0 Å². The summed E-state index contributed by atoms with van der Waals surface area (Å²) in [7, 11) is 0. The molecule has 3 heteroatoms. The quantitative estimate of drug-likeness (QED) is 0.856. The number of aryl methyl sites for hydroxylation is 1. The molecule has 20 heavy (non-hydrogen) atoms. The molecule has 108 valence electrons. The monoisotopic (exact) mass is 273 g/mol. The van der Waals surface area contributed by atoms with E-state index in [4.69, 9.17) is 0 Å². The van der Waals surface area contributed by atoms with Gasteiger partial charge in [-0.05, 0) is 24.3 Å². The smallest absolute Gasteiger partial charge is 0.234 e. The minimum atomic E-state index is -0.200. The molecule has 0 spiro atoms. The number of nitrogens with one attached hydrogen (secondary N) is 1. The Morgan fingerprint density at radius 3 is 2.75 bits per heavy atom. The molecule has 2 rings (SSSR count). The van der Waals surface area contributed by atoms with E-state index in [9.17, 15) is 9.59 Å². The number of carbonyl (C=O) groups is 2. The molecule has 1 N–H and O–H groups in total. The van der Waals surface area contributed by atoms with Crippen LogP contribution in [0.1, 0.15) is 50.2 Å². The van der Waals surface area contributed by atoms with Gasteiger partial charge in [0, 0.05) is 6.42 Å². The molecule has 1 aromatic rings. The molecule has 1 heterocycles. The predicted molar refractivity (Wildman–Crippen MR) is 79.2 cm³/mol. The number of imide groups is 1. The first-order valence-corrected chi connectivity index (χ1v) is 7.43. The van der Waals surface area contributed by atoms with Crippen LogP contribution < -0.4 is 5.32 Å². The Morgan fingerprint density at radius 2 is 2.10 bits per heavy atom. The molecule has 0 aliphatic carbocycles. The molecule has 3 atom stereocenters. The van der Waals surface area contributed by atoms with Crippen molar-refractivity contribution >= 4 is 11.8 Å². The lowest BCUT2D eigenvalue weighted by molar-refractivity contribution is -0.137. The van der Waals surface area contributed by atoms with Crippen LogP contribution in [0.5, 0.6) is 0 Å². The summed E-state index contributed by atoms with van der Waals surface area (Å²) in [5.41, 5.74) is 2.18. The van der Waals surface area contributed by atoms with Crippen molar-refractivity contribution in [1.82, 2.24) is 5.32 Å². The summed E-state index contributed by atoms with van der Waals surface area (Å²) in [6.07, 6.45) is 2.58. The number of carbonyl (C=O) groups excluding carboxylic acids is 2. The summed E-state index contributed by atoms with van der Waals surface area (Å²) < 4.78 is 0. The Hall–Kier alpha value is -1.64. The van der Waals surface area contributed by atoms with E-state index in [1.807, 2.05) is 25.1 Å². The number of hydrogen-bond donors (Lipinski definition) is 1. The summed E-state index contributed by atoms with van der Waals surface area (Å²) in [5, 5.41) is 2.50.